The number of benzene rings is 2. The van der Waals surface area contributed by atoms with E-state index in [-0.39, 0.29) is 35.7 Å². The second-order valence-electron chi connectivity index (χ2n) is 8.06. The van der Waals surface area contributed by atoms with Gasteiger partial charge in [-0.15, -0.1) is 11.8 Å². The Balaban J connectivity index is 1.75. The molecule has 0 aliphatic carbocycles. The summed E-state index contributed by atoms with van der Waals surface area (Å²) in [4.78, 5) is 11.3. The van der Waals surface area contributed by atoms with Crippen LogP contribution in [0.4, 0.5) is 4.39 Å². The second-order valence-corrected chi connectivity index (χ2v) is 9.65. The van der Waals surface area contributed by atoms with Crippen molar-refractivity contribution in [1.82, 2.24) is 9.97 Å². The number of amidine groups is 1. The molecule has 8 nitrogen and oxygen atoms in total. The Morgan fingerprint density at radius 2 is 1.68 bits per heavy atom. The molecular formula is C27H31FN4O4S2. The zero-order valence-corrected chi connectivity index (χ0v) is 22.9. The number of ether oxygens (including phenoxy) is 3. The molecule has 3 rings (SSSR count). The molecule has 3 aromatic rings. The van der Waals surface area contributed by atoms with Gasteiger partial charge in [0.05, 0.1) is 26.0 Å². The van der Waals surface area contributed by atoms with Crippen LogP contribution in [0, 0.1) is 5.41 Å². The van der Waals surface area contributed by atoms with E-state index in [1.54, 1.807) is 12.5 Å². The fraction of sp³-hybridized carbons (Fsp3) is 0.296. The number of thioether (sulfide) groups is 2. The average molecular weight is 559 g/mol. The number of hydrogen-bond donors (Lipinski definition) is 3. The first kappa shape index (κ1) is 29.6. The van der Waals surface area contributed by atoms with E-state index >= 15 is 4.39 Å². The minimum Gasteiger partial charge on any atom is -0.456 e. The van der Waals surface area contributed by atoms with Crippen molar-refractivity contribution < 1.29 is 23.7 Å². The average Bonchev–Trinajstić information content (AvgIpc) is 3.43. The molecule has 0 aliphatic heterocycles. The maximum Gasteiger partial charge on any atom is 0.284 e. The van der Waals surface area contributed by atoms with Gasteiger partial charge in [-0.1, -0.05) is 79.0 Å². The monoisotopic (exact) mass is 558 g/mol. The second kappa shape index (κ2) is 14.8. The van der Waals surface area contributed by atoms with Crippen molar-refractivity contribution in [2.75, 3.05) is 25.7 Å². The number of aliphatic hydroxyl groups is 1. The van der Waals surface area contributed by atoms with Gasteiger partial charge in [0.15, 0.2) is 17.2 Å². The Hall–Kier alpha value is -2.96. The summed E-state index contributed by atoms with van der Waals surface area (Å²) >= 11 is 2.42. The number of rotatable bonds is 13. The van der Waals surface area contributed by atoms with Crippen molar-refractivity contribution in [3.05, 3.63) is 102 Å². The quantitative estimate of drug-likeness (QED) is 0.113. The van der Waals surface area contributed by atoms with Gasteiger partial charge < -0.3 is 24.3 Å². The summed E-state index contributed by atoms with van der Waals surface area (Å²) < 4.78 is 32.5. The van der Waals surface area contributed by atoms with Gasteiger partial charge in [0.1, 0.15) is 23.1 Å². The Bertz CT molecular complexity index is 1210. The van der Waals surface area contributed by atoms with Gasteiger partial charge in [-0.25, -0.2) is 14.4 Å². The number of H-pyrrole nitrogens is 1. The van der Waals surface area contributed by atoms with Crippen LogP contribution in [-0.2, 0) is 33.2 Å². The van der Waals surface area contributed by atoms with Crippen LogP contribution in [-0.4, -0.2) is 57.2 Å². The van der Waals surface area contributed by atoms with Gasteiger partial charge in [0, 0.05) is 0 Å². The van der Waals surface area contributed by atoms with Crippen molar-refractivity contribution >= 4 is 33.7 Å². The zero-order chi connectivity index (χ0) is 27.4. The molecule has 0 radical (unpaired) electrons. The normalized spacial score (nSPS) is 14.1. The largest absolute Gasteiger partial charge is 0.456 e. The highest BCUT2D eigenvalue weighted by molar-refractivity contribution is 8.15. The molecule has 0 amide bonds. The molecule has 0 unspecified atom stereocenters. The van der Waals surface area contributed by atoms with Crippen LogP contribution >= 0.6 is 23.5 Å². The number of aliphatic imine (C=N–C) groups is 1. The number of imidazole rings is 1. The molecule has 202 valence electrons. The van der Waals surface area contributed by atoms with Crippen LogP contribution in [0.2, 0.25) is 0 Å². The van der Waals surface area contributed by atoms with Crippen molar-refractivity contribution in [2.45, 2.75) is 25.2 Å². The van der Waals surface area contributed by atoms with Crippen molar-refractivity contribution in [3.8, 4) is 0 Å². The van der Waals surface area contributed by atoms with Crippen LogP contribution in [0.25, 0.3) is 0 Å². The van der Waals surface area contributed by atoms with E-state index in [1.807, 2.05) is 60.7 Å². The maximum atomic E-state index is 15.6. The molecule has 3 N–H and O–H groups in total. The molecule has 0 fully saturated rings. The number of aromatic nitrogens is 2. The number of nitrogens with zero attached hydrogens (tertiary/aromatic N) is 2. The zero-order valence-electron chi connectivity index (χ0n) is 21.2. The maximum absolute atomic E-state index is 15.6. The van der Waals surface area contributed by atoms with Gasteiger partial charge in [0.2, 0.25) is 0 Å². The summed E-state index contributed by atoms with van der Waals surface area (Å²) in [5, 5.41) is 19.8. The van der Waals surface area contributed by atoms with Crippen molar-refractivity contribution in [1.29, 1.82) is 5.41 Å². The fourth-order valence-electron chi connectivity index (χ4n) is 3.31. The van der Waals surface area contributed by atoms with Crippen LogP contribution in [0.5, 0.6) is 0 Å². The Labute approximate surface area is 230 Å². The van der Waals surface area contributed by atoms with E-state index in [9.17, 15) is 5.11 Å². The van der Waals surface area contributed by atoms with Gasteiger partial charge in [-0.05, 0) is 23.6 Å². The summed E-state index contributed by atoms with van der Waals surface area (Å²) in [5.74, 6) is -2.21. The van der Waals surface area contributed by atoms with Crippen LogP contribution in [0.1, 0.15) is 22.6 Å². The van der Waals surface area contributed by atoms with Crippen LogP contribution in [0.3, 0.4) is 0 Å². The van der Waals surface area contributed by atoms with E-state index in [1.165, 1.54) is 29.7 Å². The predicted molar refractivity (Wildman–Crippen MR) is 151 cm³/mol. The van der Waals surface area contributed by atoms with Crippen molar-refractivity contribution in [2.24, 2.45) is 4.99 Å². The number of nitrogens with one attached hydrogen (secondary N) is 2. The number of halogens is 1. The number of aromatic amines is 1. The summed E-state index contributed by atoms with van der Waals surface area (Å²) in [6.07, 6.45) is 2.77. The molecule has 1 aromatic heterocycles. The third-order valence-electron chi connectivity index (χ3n) is 5.23. The molecule has 2 atom stereocenters. The lowest BCUT2D eigenvalue weighted by Gasteiger charge is -2.31. The molecule has 11 heteroatoms. The molecule has 0 spiro atoms. The molecule has 0 saturated heterocycles. The van der Waals surface area contributed by atoms with E-state index in [0.717, 1.165) is 11.1 Å². The first-order valence-corrected chi connectivity index (χ1v) is 14.1. The van der Waals surface area contributed by atoms with Crippen LogP contribution < -0.4 is 0 Å². The lowest BCUT2D eigenvalue weighted by atomic mass is 10.1. The molecule has 1 heterocycles. The number of alkyl halides is 1. The highest BCUT2D eigenvalue weighted by atomic mass is 32.2. The Morgan fingerprint density at radius 1 is 1.08 bits per heavy atom. The predicted octanol–water partition coefficient (Wildman–Crippen LogP) is 5.26. The lowest BCUT2D eigenvalue weighted by molar-refractivity contribution is -0.243. The SMILES string of the molecule is C=C(COCc1ccccc1)O[C@@](O)(c1cnc(/C(=N\C(=N)SC)SC)[nH]1)[C@H](F)COCc1ccccc1. The molecule has 0 aliphatic rings. The van der Waals surface area contributed by atoms with Gasteiger partial charge in [0.25, 0.3) is 5.79 Å². The minimum atomic E-state index is -2.49. The third kappa shape index (κ3) is 8.53. The fourth-order valence-corrected chi connectivity index (χ4v) is 4.03. The summed E-state index contributed by atoms with van der Waals surface area (Å²) in [7, 11) is 0. The third-order valence-corrected chi connectivity index (χ3v) is 6.38. The molecule has 38 heavy (non-hydrogen) atoms. The Kier molecular flexibility index (Phi) is 11.6. The highest BCUT2D eigenvalue weighted by Gasteiger charge is 2.44. The highest BCUT2D eigenvalue weighted by Crippen LogP contribution is 2.31. The van der Waals surface area contributed by atoms with E-state index in [0.29, 0.717) is 11.7 Å². The molecular weight excluding hydrogens is 527 g/mol. The number of hydrogen-bond acceptors (Lipinski definition) is 8. The van der Waals surface area contributed by atoms with Gasteiger partial charge in [-0.2, -0.15) is 0 Å². The summed E-state index contributed by atoms with van der Waals surface area (Å²) in [6, 6.07) is 18.8. The van der Waals surface area contributed by atoms with E-state index in [4.69, 9.17) is 19.6 Å². The smallest absolute Gasteiger partial charge is 0.284 e. The van der Waals surface area contributed by atoms with Crippen molar-refractivity contribution in [3.63, 3.8) is 0 Å². The van der Waals surface area contributed by atoms with E-state index < -0.39 is 18.6 Å². The minimum absolute atomic E-state index is 0.0215. The molecule has 2 aromatic carbocycles. The topological polar surface area (TPSA) is 113 Å². The Morgan fingerprint density at radius 3 is 2.26 bits per heavy atom. The summed E-state index contributed by atoms with van der Waals surface area (Å²) in [5.41, 5.74) is 1.76. The molecule has 0 saturated carbocycles. The van der Waals surface area contributed by atoms with Gasteiger partial charge >= 0.3 is 0 Å². The lowest BCUT2D eigenvalue weighted by Crippen LogP contribution is -2.43. The first-order valence-electron chi connectivity index (χ1n) is 11.6. The van der Waals surface area contributed by atoms with Crippen LogP contribution in [0.15, 0.2) is 84.2 Å². The standard InChI is InChI=1S/C27H31FN4O4S2/c1-19(15-34-16-20-10-6-4-7-11-20)36-27(33,22(28)18-35-17-21-12-8-5-9-13-21)23-14-30-24(31-23)25(37-2)32-26(29)38-3/h4-14,22,29,33H,1,15-18H2,2-3H3,(H,30,31)/b29-26?,32-25+/t22-,27-/m1/s1. The molecule has 0 bridgehead atoms. The van der Waals surface area contributed by atoms with Gasteiger partial charge in [-0.3, -0.25) is 5.41 Å². The first-order chi connectivity index (χ1) is 18.4. The van der Waals surface area contributed by atoms with E-state index in [2.05, 4.69) is 21.5 Å². The summed E-state index contributed by atoms with van der Waals surface area (Å²) in [6.45, 7) is 3.73.